The molecular weight excluding hydrogens is 346 g/mol. The standard InChI is InChI=1S/C21H28ClN3O/c1-5-6-7-10-26-18-13-16(4)24-21-19(18)23-8-9-25(21)20-14(2)11-17(22)12-15(20)3/h11-13,23H,5-10H2,1-4H3. The summed E-state index contributed by atoms with van der Waals surface area (Å²) in [4.78, 5) is 7.12. The van der Waals surface area contributed by atoms with Gasteiger partial charge in [-0.05, 0) is 50.5 Å². The molecule has 0 saturated heterocycles. The zero-order valence-electron chi connectivity index (χ0n) is 16.2. The Morgan fingerprint density at radius 3 is 2.58 bits per heavy atom. The van der Waals surface area contributed by atoms with Crippen LogP contribution in [0.4, 0.5) is 17.2 Å². The van der Waals surface area contributed by atoms with E-state index in [0.29, 0.717) is 0 Å². The van der Waals surface area contributed by atoms with Gasteiger partial charge < -0.3 is 15.0 Å². The summed E-state index contributed by atoms with van der Waals surface area (Å²) in [6, 6.07) is 6.07. The summed E-state index contributed by atoms with van der Waals surface area (Å²) >= 11 is 6.23. The lowest BCUT2D eigenvalue weighted by Crippen LogP contribution is -2.32. The largest absolute Gasteiger partial charge is 0.491 e. The summed E-state index contributed by atoms with van der Waals surface area (Å²) in [6.45, 7) is 10.9. The predicted octanol–water partition coefficient (Wildman–Crippen LogP) is 5.79. The Hall–Kier alpha value is -1.94. The van der Waals surface area contributed by atoms with Crippen molar-refractivity contribution in [3.63, 3.8) is 0 Å². The second kappa shape index (κ2) is 8.17. The molecule has 0 bridgehead atoms. The van der Waals surface area contributed by atoms with E-state index in [1.807, 2.05) is 25.1 Å². The first-order chi connectivity index (χ1) is 12.5. The number of aromatic nitrogens is 1. The van der Waals surface area contributed by atoms with E-state index >= 15 is 0 Å². The van der Waals surface area contributed by atoms with Crippen LogP contribution in [-0.2, 0) is 0 Å². The van der Waals surface area contributed by atoms with Crippen molar-refractivity contribution < 1.29 is 4.74 Å². The topological polar surface area (TPSA) is 37.4 Å². The van der Waals surface area contributed by atoms with Gasteiger partial charge in [0.25, 0.3) is 0 Å². The van der Waals surface area contributed by atoms with Crippen LogP contribution in [0.2, 0.25) is 5.02 Å². The number of ether oxygens (including phenoxy) is 1. The van der Waals surface area contributed by atoms with Crippen molar-refractivity contribution in [3.8, 4) is 5.75 Å². The molecule has 1 N–H and O–H groups in total. The highest BCUT2D eigenvalue weighted by Gasteiger charge is 2.25. The fraction of sp³-hybridized carbons (Fsp3) is 0.476. The molecule has 1 aliphatic heterocycles. The minimum absolute atomic E-state index is 0.740. The Labute approximate surface area is 161 Å². The molecule has 5 heteroatoms. The maximum Gasteiger partial charge on any atom is 0.160 e. The number of pyridine rings is 1. The Morgan fingerprint density at radius 2 is 1.88 bits per heavy atom. The zero-order chi connectivity index (χ0) is 18.7. The Kier molecular flexibility index (Phi) is 5.92. The van der Waals surface area contributed by atoms with Gasteiger partial charge in [-0.25, -0.2) is 4.98 Å². The summed E-state index contributed by atoms with van der Waals surface area (Å²) in [5.41, 5.74) is 5.47. The molecule has 0 fully saturated rings. The molecule has 1 aromatic heterocycles. The maximum atomic E-state index is 6.23. The smallest absolute Gasteiger partial charge is 0.160 e. The van der Waals surface area contributed by atoms with Gasteiger partial charge in [0.1, 0.15) is 11.4 Å². The molecule has 0 aliphatic carbocycles. The normalized spacial score (nSPS) is 13.3. The van der Waals surface area contributed by atoms with E-state index in [9.17, 15) is 0 Å². The molecule has 0 saturated carbocycles. The minimum Gasteiger partial charge on any atom is -0.491 e. The third-order valence-electron chi connectivity index (χ3n) is 4.72. The van der Waals surface area contributed by atoms with E-state index in [4.69, 9.17) is 21.3 Å². The first-order valence-corrected chi connectivity index (χ1v) is 9.81. The lowest BCUT2D eigenvalue weighted by atomic mass is 10.1. The van der Waals surface area contributed by atoms with Crippen molar-refractivity contribution >= 4 is 28.8 Å². The van der Waals surface area contributed by atoms with Crippen molar-refractivity contribution in [1.82, 2.24) is 4.98 Å². The van der Waals surface area contributed by atoms with Crippen LogP contribution in [0, 0.1) is 20.8 Å². The van der Waals surface area contributed by atoms with E-state index in [1.165, 1.54) is 18.5 Å². The number of nitrogens with one attached hydrogen (secondary N) is 1. The summed E-state index contributed by atoms with van der Waals surface area (Å²) in [5.74, 6) is 1.84. The molecule has 1 aliphatic rings. The van der Waals surface area contributed by atoms with Gasteiger partial charge in [-0.2, -0.15) is 0 Å². The third kappa shape index (κ3) is 3.90. The Bertz CT molecular complexity index is 768. The first kappa shape index (κ1) is 18.8. The minimum atomic E-state index is 0.740. The second-order valence-electron chi connectivity index (χ2n) is 6.98. The lowest BCUT2D eigenvalue weighted by molar-refractivity contribution is 0.307. The predicted molar refractivity (Wildman–Crippen MR) is 110 cm³/mol. The van der Waals surface area contributed by atoms with Crippen molar-refractivity contribution in [2.45, 2.75) is 47.0 Å². The van der Waals surface area contributed by atoms with Gasteiger partial charge >= 0.3 is 0 Å². The number of benzene rings is 1. The molecular formula is C21H28ClN3O. The van der Waals surface area contributed by atoms with Crippen molar-refractivity contribution in [3.05, 3.63) is 40.0 Å². The number of anilines is 3. The number of hydrogen-bond acceptors (Lipinski definition) is 4. The van der Waals surface area contributed by atoms with Crippen molar-refractivity contribution in [2.75, 3.05) is 29.9 Å². The molecule has 2 aromatic rings. The molecule has 0 amide bonds. The highest BCUT2D eigenvalue weighted by molar-refractivity contribution is 6.30. The molecule has 0 unspecified atom stereocenters. The van der Waals surface area contributed by atoms with Gasteiger partial charge in [-0.3, -0.25) is 0 Å². The van der Waals surface area contributed by atoms with E-state index in [1.54, 1.807) is 0 Å². The van der Waals surface area contributed by atoms with Gasteiger partial charge in [0, 0.05) is 35.6 Å². The second-order valence-corrected chi connectivity index (χ2v) is 7.42. The van der Waals surface area contributed by atoms with Crippen LogP contribution in [0.15, 0.2) is 18.2 Å². The van der Waals surface area contributed by atoms with Crippen molar-refractivity contribution in [2.24, 2.45) is 0 Å². The maximum absolute atomic E-state index is 6.23. The average molecular weight is 374 g/mol. The highest BCUT2D eigenvalue weighted by atomic mass is 35.5. The summed E-state index contributed by atoms with van der Waals surface area (Å²) < 4.78 is 6.10. The third-order valence-corrected chi connectivity index (χ3v) is 4.93. The van der Waals surface area contributed by atoms with E-state index in [2.05, 4.69) is 31.0 Å². The molecule has 0 radical (unpaired) electrons. The number of unbranched alkanes of at least 4 members (excludes halogenated alkanes) is 2. The van der Waals surface area contributed by atoms with Gasteiger partial charge in [-0.1, -0.05) is 31.4 Å². The van der Waals surface area contributed by atoms with Crippen LogP contribution < -0.4 is 15.0 Å². The van der Waals surface area contributed by atoms with Crippen LogP contribution in [0.5, 0.6) is 5.75 Å². The fourth-order valence-electron chi connectivity index (χ4n) is 3.58. The van der Waals surface area contributed by atoms with Crippen molar-refractivity contribution in [1.29, 1.82) is 0 Å². The lowest BCUT2D eigenvalue weighted by Gasteiger charge is -2.34. The number of rotatable bonds is 6. The summed E-state index contributed by atoms with van der Waals surface area (Å²) in [6.07, 6.45) is 3.46. The first-order valence-electron chi connectivity index (χ1n) is 9.44. The molecule has 1 aromatic carbocycles. The van der Waals surface area contributed by atoms with Gasteiger partial charge in [0.2, 0.25) is 0 Å². The molecule has 0 spiro atoms. The number of halogens is 1. The molecule has 140 valence electrons. The Balaban J connectivity index is 1.98. The van der Waals surface area contributed by atoms with Crippen LogP contribution >= 0.6 is 11.6 Å². The Morgan fingerprint density at radius 1 is 1.15 bits per heavy atom. The number of hydrogen-bond donors (Lipinski definition) is 1. The molecule has 4 nitrogen and oxygen atoms in total. The van der Waals surface area contributed by atoms with E-state index in [0.717, 1.165) is 65.2 Å². The molecule has 26 heavy (non-hydrogen) atoms. The van der Waals surface area contributed by atoms with Gasteiger partial charge in [0.15, 0.2) is 5.82 Å². The molecule has 0 atom stereocenters. The van der Waals surface area contributed by atoms with Crippen LogP contribution in [0.3, 0.4) is 0 Å². The SMILES string of the molecule is CCCCCOc1cc(C)nc2c1NCCN2c1c(C)cc(Cl)cc1C. The van der Waals surface area contributed by atoms with Crippen LogP contribution in [0.25, 0.3) is 0 Å². The monoisotopic (exact) mass is 373 g/mol. The molecule has 3 rings (SSSR count). The fourth-order valence-corrected chi connectivity index (χ4v) is 3.91. The highest BCUT2D eigenvalue weighted by Crippen LogP contribution is 2.42. The number of aryl methyl sites for hydroxylation is 3. The average Bonchev–Trinajstić information content (AvgIpc) is 2.58. The number of fused-ring (bicyclic) bond motifs is 1. The van der Waals surface area contributed by atoms with E-state index in [-0.39, 0.29) is 0 Å². The van der Waals surface area contributed by atoms with Gasteiger partial charge in [0.05, 0.1) is 6.61 Å². The zero-order valence-corrected chi connectivity index (χ0v) is 16.9. The van der Waals surface area contributed by atoms with Crippen LogP contribution in [-0.4, -0.2) is 24.7 Å². The molecule has 2 heterocycles. The summed E-state index contributed by atoms with van der Waals surface area (Å²) in [5, 5.41) is 4.27. The van der Waals surface area contributed by atoms with Gasteiger partial charge in [-0.15, -0.1) is 0 Å². The quantitative estimate of drug-likeness (QED) is 0.650. The summed E-state index contributed by atoms with van der Waals surface area (Å²) in [7, 11) is 0. The number of nitrogens with zero attached hydrogens (tertiary/aromatic N) is 2. The van der Waals surface area contributed by atoms with E-state index < -0.39 is 0 Å². The van der Waals surface area contributed by atoms with Crippen LogP contribution in [0.1, 0.15) is 43.0 Å².